The van der Waals surface area contributed by atoms with Crippen LogP contribution in [0.1, 0.15) is 32.1 Å². The first-order valence-corrected chi connectivity index (χ1v) is 6.26. The SMILES string of the molecule is Nc1nc(SC2CCCCC2)ns1. The molecule has 72 valence electrons. The molecule has 0 atom stereocenters. The van der Waals surface area contributed by atoms with Gasteiger partial charge in [0.15, 0.2) is 0 Å². The highest BCUT2D eigenvalue weighted by atomic mass is 32.2. The second-order valence-corrected chi connectivity index (χ2v) is 5.34. The third kappa shape index (κ3) is 2.57. The molecule has 0 radical (unpaired) electrons. The van der Waals surface area contributed by atoms with Gasteiger partial charge in [0.1, 0.15) is 0 Å². The molecular weight excluding hydrogens is 202 g/mol. The first kappa shape index (κ1) is 9.27. The molecule has 1 aliphatic carbocycles. The van der Waals surface area contributed by atoms with E-state index >= 15 is 0 Å². The molecule has 1 aromatic rings. The average molecular weight is 215 g/mol. The summed E-state index contributed by atoms with van der Waals surface area (Å²) in [5.74, 6) is 0. The van der Waals surface area contributed by atoms with Crippen LogP contribution in [0.15, 0.2) is 5.16 Å². The van der Waals surface area contributed by atoms with Crippen LogP contribution in [0, 0.1) is 0 Å². The molecule has 0 aromatic carbocycles. The Bertz CT molecular complexity index is 268. The van der Waals surface area contributed by atoms with E-state index in [9.17, 15) is 0 Å². The van der Waals surface area contributed by atoms with Crippen LogP contribution < -0.4 is 5.73 Å². The average Bonchev–Trinajstić information content (AvgIpc) is 2.53. The number of hydrogen-bond donors (Lipinski definition) is 1. The van der Waals surface area contributed by atoms with Crippen molar-refractivity contribution in [3.63, 3.8) is 0 Å². The minimum atomic E-state index is 0.582. The van der Waals surface area contributed by atoms with Gasteiger partial charge < -0.3 is 5.73 Å². The highest BCUT2D eigenvalue weighted by molar-refractivity contribution is 7.99. The van der Waals surface area contributed by atoms with E-state index in [1.54, 1.807) is 11.8 Å². The fraction of sp³-hybridized carbons (Fsp3) is 0.750. The molecule has 3 nitrogen and oxygen atoms in total. The van der Waals surface area contributed by atoms with Crippen LogP contribution in [0.5, 0.6) is 0 Å². The minimum Gasteiger partial charge on any atom is -0.374 e. The van der Waals surface area contributed by atoms with Gasteiger partial charge in [-0.2, -0.15) is 9.36 Å². The molecule has 5 heteroatoms. The Hall–Kier alpha value is -0.290. The van der Waals surface area contributed by atoms with Crippen molar-refractivity contribution in [3.05, 3.63) is 0 Å². The van der Waals surface area contributed by atoms with Crippen molar-refractivity contribution in [1.29, 1.82) is 0 Å². The van der Waals surface area contributed by atoms with Crippen LogP contribution in [0.3, 0.4) is 0 Å². The maximum absolute atomic E-state index is 5.52. The van der Waals surface area contributed by atoms with Crippen molar-refractivity contribution in [1.82, 2.24) is 9.36 Å². The Labute approximate surface area is 86.3 Å². The molecule has 0 unspecified atom stereocenters. The zero-order valence-electron chi connectivity index (χ0n) is 7.40. The fourth-order valence-electron chi connectivity index (χ4n) is 1.60. The van der Waals surface area contributed by atoms with E-state index in [2.05, 4.69) is 9.36 Å². The molecular formula is C8H13N3S2. The quantitative estimate of drug-likeness (QED) is 0.823. The summed E-state index contributed by atoms with van der Waals surface area (Å²) in [5, 5.41) is 2.18. The molecule has 1 heterocycles. The second kappa shape index (κ2) is 4.28. The van der Waals surface area contributed by atoms with Crippen LogP contribution in [0.2, 0.25) is 0 Å². The molecule has 1 saturated carbocycles. The zero-order chi connectivity index (χ0) is 9.10. The molecule has 0 aliphatic heterocycles. The summed E-state index contributed by atoms with van der Waals surface area (Å²) < 4.78 is 4.18. The fourth-order valence-corrected chi connectivity index (χ4v) is 3.30. The van der Waals surface area contributed by atoms with E-state index in [-0.39, 0.29) is 0 Å². The summed E-state index contributed by atoms with van der Waals surface area (Å²) in [5.41, 5.74) is 5.52. The Morgan fingerprint density at radius 2 is 2.08 bits per heavy atom. The van der Waals surface area contributed by atoms with Gasteiger partial charge >= 0.3 is 0 Å². The number of nitrogen functional groups attached to an aromatic ring is 1. The lowest BCUT2D eigenvalue weighted by molar-refractivity contribution is 0.515. The lowest BCUT2D eigenvalue weighted by Gasteiger charge is -2.18. The van der Waals surface area contributed by atoms with Crippen molar-refractivity contribution in [2.45, 2.75) is 42.5 Å². The first-order chi connectivity index (χ1) is 6.34. The lowest BCUT2D eigenvalue weighted by atomic mass is 10.0. The Morgan fingerprint density at radius 3 is 2.69 bits per heavy atom. The Balaban J connectivity index is 1.89. The molecule has 0 bridgehead atoms. The van der Waals surface area contributed by atoms with Gasteiger partial charge in [0.2, 0.25) is 10.3 Å². The smallest absolute Gasteiger partial charge is 0.202 e. The van der Waals surface area contributed by atoms with Gasteiger partial charge in [-0.3, -0.25) is 0 Å². The molecule has 0 amide bonds. The molecule has 1 aliphatic rings. The number of thioether (sulfide) groups is 1. The van der Waals surface area contributed by atoms with Gasteiger partial charge in [-0.15, -0.1) is 0 Å². The van der Waals surface area contributed by atoms with E-state index in [0.717, 1.165) is 10.4 Å². The standard InChI is InChI=1S/C8H13N3S2/c9-7-10-8(11-13-7)12-6-4-2-1-3-5-6/h6H,1-5H2,(H2,9,10,11). The summed E-state index contributed by atoms with van der Waals surface area (Å²) in [6, 6.07) is 0. The highest BCUT2D eigenvalue weighted by Crippen LogP contribution is 2.32. The highest BCUT2D eigenvalue weighted by Gasteiger charge is 2.16. The molecule has 0 spiro atoms. The molecule has 1 aromatic heterocycles. The monoisotopic (exact) mass is 215 g/mol. The number of nitrogens with zero attached hydrogens (tertiary/aromatic N) is 2. The van der Waals surface area contributed by atoms with Gasteiger partial charge in [-0.25, -0.2) is 0 Å². The van der Waals surface area contributed by atoms with Crippen LogP contribution in [-0.4, -0.2) is 14.6 Å². The van der Waals surface area contributed by atoms with E-state index in [4.69, 9.17) is 5.73 Å². The number of nitrogens with two attached hydrogens (primary N) is 1. The summed E-state index contributed by atoms with van der Waals surface area (Å²) in [6.07, 6.45) is 6.73. The molecule has 13 heavy (non-hydrogen) atoms. The minimum absolute atomic E-state index is 0.582. The molecule has 0 saturated heterocycles. The van der Waals surface area contributed by atoms with Gasteiger partial charge in [0.05, 0.1) is 0 Å². The summed E-state index contributed by atoms with van der Waals surface area (Å²) in [6.45, 7) is 0. The van der Waals surface area contributed by atoms with Gasteiger partial charge in [-0.05, 0) is 12.8 Å². The summed E-state index contributed by atoms with van der Waals surface area (Å²) >= 11 is 3.08. The van der Waals surface area contributed by atoms with Crippen molar-refractivity contribution in [3.8, 4) is 0 Å². The van der Waals surface area contributed by atoms with E-state index in [1.165, 1.54) is 43.6 Å². The topological polar surface area (TPSA) is 51.8 Å². The van der Waals surface area contributed by atoms with Crippen LogP contribution >= 0.6 is 23.3 Å². The molecule has 2 N–H and O–H groups in total. The molecule has 1 fully saturated rings. The van der Waals surface area contributed by atoms with E-state index < -0.39 is 0 Å². The summed E-state index contributed by atoms with van der Waals surface area (Å²) in [7, 11) is 0. The largest absolute Gasteiger partial charge is 0.374 e. The third-order valence-corrected chi connectivity index (χ3v) is 4.10. The first-order valence-electron chi connectivity index (χ1n) is 4.60. The van der Waals surface area contributed by atoms with E-state index in [1.807, 2.05) is 0 Å². The number of anilines is 1. The predicted molar refractivity (Wildman–Crippen MR) is 57.1 cm³/mol. The molecule has 2 rings (SSSR count). The number of aromatic nitrogens is 2. The lowest BCUT2D eigenvalue weighted by Crippen LogP contribution is -2.07. The maximum Gasteiger partial charge on any atom is 0.202 e. The Kier molecular flexibility index (Phi) is 3.05. The van der Waals surface area contributed by atoms with Crippen LogP contribution in [0.4, 0.5) is 5.13 Å². The van der Waals surface area contributed by atoms with Crippen molar-refractivity contribution < 1.29 is 0 Å². The van der Waals surface area contributed by atoms with E-state index in [0.29, 0.717) is 5.13 Å². The zero-order valence-corrected chi connectivity index (χ0v) is 9.03. The van der Waals surface area contributed by atoms with Crippen molar-refractivity contribution >= 4 is 28.4 Å². The Morgan fingerprint density at radius 1 is 1.31 bits per heavy atom. The van der Waals surface area contributed by atoms with Crippen molar-refractivity contribution in [2.24, 2.45) is 0 Å². The summed E-state index contributed by atoms with van der Waals surface area (Å²) in [4.78, 5) is 4.15. The van der Waals surface area contributed by atoms with Crippen LogP contribution in [0.25, 0.3) is 0 Å². The normalized spacial score (nSPS) is 19.1. The number of hydrogen-bond acceptors (Lipinski definition) is 5. The van der Waals surface area contributed by atoms with Gasteiger partial charge in [-0.1, -0.05) is 31.0 Å². The second-order valence-electron chi connectivity index (χ2n) is 3.29. The van der Waals surface area contributed by atoms with Gasteiger partial charge in [0.25, 0.3) is 0 Å². The third-order valence-electron chi connectivity index (χ3n) is 2.25. The van der Waals surface area contributed by atoms with Gasteiger partial charge in [0, 0.05) is 16.8 Å². The van der Waals surface area contributed by atoms with Crippen molar-refractivity contribution in [2.75, 3.05) is 5.73 Å². The predicted octanol–water partition coefficient (Wildman–Crippen LogP) is 2.55. The number of rotatable bonds is 2. The van der Waals surface area contributed by atoms with Crippen LogP contribution in [-0.2, 0) is 0 Å². The maximum atomic E-state index is 5.52.